The molecule has 1 aromatic carbocycles. The molecule has 2 nitrogen and oxygen atoms in total. The number of nitrogens with one attached hydrogen (secondary N) is 1. The second-order valence-electron chi connectivity index (χ2n) is 3.81. The fourth-order valence-corrected chi connectivity index (χ4v) is 3.19. The van der Waals surface area contributed by atoms with Gasteiger partial charge in [0, 0.05) is 5.02 Å². The van der Waals surface area contributed by atoms with Crippen molar-refractivity contribution in [3.8, 4) is 0 Å². The summed E-state index contributed by atoms with van der Waals surface area (Å²) >= 11 is 7.71. The summed E-state index contributed by atoms with van der Waals surface area (Å²) in [6.07, 6.45) is 2.45. The van der Waals surface area contributed by atoms with Crippen LogP contribution in [-0.4, -0.2) is 11.5 Å². The largest absolute Gasteiger partial charge is 0.308 e. The molecule has 0 saturated carbocycles. The smallest absolute Gasteiger partial charge is 0.111 e. The molecule has 15 heavy (non-hydrogen) atoms. The molecule has 0 amide bonds. The van der Waals surface area contributed by atoms with E-state index in [-0.39, 0.29) is 0 Å². The average molecular weight is 239 g/mol. The molecule has 78 valence electrons. The van der Waals surface area contributed by atoms with Gasteiger partial charge in [-0.05, 0) is 37.6 Å². The van der Waals surface area contributed by atoms with E-state index < -0.39 is 0 Å². The van der Waals surface area contributed by atoms with Crippen molar-refractivity contribution in [3.05, 3.63) is 28.2 Å². The maximum absolute atomic E-state index is 5.94. The Labute approximate surface area is 97.3 Å². The minimum Gasteiger partial charge on any atom is -0.308 e. The highest BCUT2D eigenvalue weighted by Gasteiger charge is 2.19. The number of nitrogens with zero attached hydrogens (tertiary/aromatic N) is 1. The molecule has 2 aromatic rings. The van der Waals surface area contributed by atoms with Gasteiger partial charge >= 0.3 is 0 Å². The number of rotatable bonds is 1. The van der Waals surface area contributed by atoms with Crippen LogP contribution in [0.3, 0.4) is 0 Å². The molecule has 1 aromatic heterocycles. The molecule has 1 saturated heterocycles. The maximum Gasteiger partial charge on any atom is 0.111 e. The van der Waals surface area contributed by atoms with Crippen LogP contribution in [0.2, 0.25) is 5.02 Å². The van der Waals surface area contributed by atoms with Crippen LogP contribution in [0, 0.1) is 0 Å². The lowest BCUT2D eigenvalue weighted by Gasteiger charge is -2.03. The number of thiazole rings is 1. The first-order valence-electron chi connectivity index (χ1n) is 5.12. The maximum atomic E-state index is 5.94. The number of hydrogen-bond donors (Lipinski definition) is 1. The highest BCUT2D eigenvalue weighted by atomic mass is 35.5. The number of halogens is 1. The fraction of sp³-hybridized carbons (Fsp3) is 0.364. The molecule has 3 rings (SSSR count). The van der Waals surface area contributed by atoms with Gasteiger partial charge in [0.15, 0.2) is 0 Å². The van der Waals surface area contributed by atoms with E-state index in [0.29, 0.717) is 6.04 Å². The van der Waals surface area contributed by atoms with Crippen LogP contribution in [0.15, 0.2) is 18.2 Å². The van der Waals surface area contributed by atoms with E-state index in [1.165, 1.54) is 22.5 Å². The van der Waals surface area contributed by atoms with E-state index in [2.05, 4.69) is 10.3 Å². The van der Waals surface area contributed by atoms with Crippen LogP contribution in [0.4, 0.5) is 0 Å². The van der Waals surface area contributed by atoms with E-state index in [1.54, 1.807) is 11.3 Å². The van der Waals surface area contributed by atoms with E-state index in [4.69, 9.17) is 11.6 Å². The SMILES string of the molecule is Clc1ccc2sc(C3CCCN3)nc2c1. The molecule has 1 atom stereocenters. The Kier molecular flexibility index (Phi) is 2.39. The Balaban J connectivity index is 2.05. The van der Waals surface area contributed by atoms with E-state index in [0.717, 1.165) is 17.1 Å². The first-order chi connectivity index (χ1) is 7.33. The first-order valence-corrected chi connectivity index (χ1v) is 6.32. The third-order valence-corrected chi connectivity index (χ3v) is 4.11. The molecule has 4 heteroatoms. The summed E-state index contributed by atoms with van der Waals surface area (Å²) in [5.74, 6) is 0. The molecule has 0 spiro atoms. The van der Waals surface area contributed by atoms with Gasteiger partial charge in [0.2, 0.25) is 0 Å². The van der Waals surface area contributed by atoms with Gasteiger partial charge in [-0.3, -0.25) is 0 Å². The van der Waals surface area contributed by atoms with E-state index >= 15 is 0 Å². The molecule has 0 aliphatic carbocycles. The van der Waals surface area contributed by atoms with Crippen molar-refractivity contribution in [2.24, 2.45) is 0 Å². The highest BCUT2D eigenvalue weighted by molar-refractivity contribution is 7.18. The van der Waals surface area contributed by atoms with Crippen LogP contribution >= 0.6 is 22.9 Å². The second kappa shape index (κ2) is 3.74. The first kappa shape index (κ1) is 9.58. The summed E-state index contributed by atoms with van der Waals surface area (Å²) in [6, 6.07) is 6.37. The topological polar surface area (TPSA) is 24.9 Å². The van der Waals surface area contributed by atoms with Gasteiger partial charge in [-0.25, -0.2) is 4.98 Å². The van der Waals surface area contributed by atoms with Crippen LogP contribution in [0.1, 0.15) is 23.9 Å². The number of hydrogen-bond acceptors (Lipinski definition) is 3. The number of fused-ring (bicyclic) bond motifs is 1. The van der Waals surface area contributed by atoms with Crippen molar-refractivity contribution in [2.75, 3.05) is 6.54 Å². The standard InChI is InChI=1S/C11H11ClN2S/c12-7-3-4-10-9(6-7)14-11(15-10)8-2-1-5-13-8/h3-4,6,8,13H,1-2,5H2. The minimum atomic E-state index is 0.459. The van der Waals surface area contributed by atoms with Gasteiger partial charge in [0.25, 0.3) is 0 Å². The Hall–Kier alpha value is -0.640. The molecule has 1 aliphatic heterocycles. The van der Waals surface area contributed by atoms with Gasteiger partial charge in [-0.2, -0.15) is 0 Å². The normalized spacial score (nSPS) is 21.3. The zero-order valence-corrected chi connectivity index (χ0v) is 9.74. The lowest BCUT2D eigenvalue weighted by Crippen LogP contribution is -2.12. The monoisotopic (exact) mass is 238 g/mol. The van der Waals surface area contributed by atoms with E-state index in [1.807, 2.05) is 18.2 Å². The zero-order chi connectivity index (χ0) is 10.3. The van der Waals surface area contributed by atoms with Crippen LogP contribution < -0.4 is 5.32 Å². The Morgan fingerprint density at radius 3 is 3.20 bits per heavy atom. The molecule has 0 radical (unpaired) electrons. The summed E-state index contributed by atoms with van der Waals surface area (Å²) in [6.45, 7) is 1.11. The highest BCUT2D eigenvalue weighted by Crippen LogP contribution is 2.31. The Bertz CT molecular complexity index is 488. The van der Waals surface area contributed by atoms with Crippen molar-refractivity contribution < 1.29 is 0 Å². The lowest BCUT2D eigenvalue weighted by atomic mass is 10.2. The van der Waals surface area contributed by atoms with Gasteiger partial charge in [-0.1, -0.05) is 11.6 Å². The molecule has 1 unspecified atom stereocenters. The van der Waals surface area contributed by atoms with E-state index in [9.17, 15) is 0 Å². The Morgan fingerprint density at radius 1 is 1.47 bits per heavy atom. The predicted molar refractivity (Wildman–Crippen MR) is 64.6 cm³/mol. The zero-order valence-electron chi connectivity index (χ0n) is 8.16. The van der Waals surface area contributed by atoms with Crippen molar-refractivity contribution in [3.63, 3.8) is 0 Å². The van der Waals surface area contributed by atoms with Crippen LogP contribution in [0.5, 0.6) is 0 Å². The van der Waals surface area contributed by atoms with Crippen LogP contribution in [-0.2, 0) is 0 Å². The molecular formula is C11H11ClN2S. The van der Waals surface area contributed by atoms with Crippen molar-refractivity contribution in [1.82, 2.24) is 10.3 Å². The molecule has 2 heterocycles. The van der Waals surface area contributed by atoms with Crippen molar-refractivity contribution >= 4 is 33.2 Å². The third-order valence-electron chi connectivity index (χ3n) is 2.72. The summed E-state index contributed by atoms with van der Waals surface area (Å²) in [4.78, 5) is 4.63. The average Bonchev–Trinajstić information content (AvgIpc) is 2.84. The van der Waals surface area contributed by atoms with Gasteiger partial charge in [0.05, 0.1) is 16.3 Å². The summed E-state index contributed by atoms with van der Waals surface area (Å²) < 4.78 is 1.23. The van der Waals surface area contributed by atoms with Crippen molar-refractivity contribution in [1.29, 1.82) is 0 Å². The predicted octanol–water partition coefficient (Wildman–Crippen LogP) is 3.37. The molecule has 1 N–H and O–H groups in total. The third kappa shape index (κ3) is 1.75. The van der Waals surface area contributed by atoms with Gasteiger partial charge < -0.3 is 5.32 Å². The summed E-state index contributed by atoms with van der Waals surface area (Å²) in [5.41, 5.74) is 1.02. The van der Waals surface area contributed by atoms with Crippen molar-refractivity contribution in [2.45, 2.75) is 18.9 Å². The molecular weight excluding hydrogens is 228 g/mol. The lowest BCUT2D eigenvalue weighted by molar-refractivity contribution is 0.644. The quantitative estimate of drug-likeness (QED) is 0.824. The number of benzene rings is 1. The molecule has 1 aliphatic rings. The van der Waals surface area contributed by atoms with Crippen LogP contribution in [0.25, 0.3) is 10.2 Å². The minimum absolute atomic E-state index is 0.459. The molecule has 1 fully saturated rings. The summed E-state index contributed by atoms with van der Waals surface area (Å²) in [7, 11) is 0. The Morgan fingerprint density at radius 2 is 2.40 bits per heavy atom. The fourth-order valence-electron chi connectivity index (χ4n) is 1.96. The van der Waals surface area contributed by atoms with Gasteiger partial charge in [0.1, 0.15) is 5.01 Å². The second-order valence-corrected chi connectivity index (χ2v) is 5.31. The molecule has 0 bridgehead atoms. The number of aromatic nitrogens is 1. The van der Waals surface area contributed by atoms with Gasteiger partial charge in [-0.15, -0.1) is 11.3 Å². The summed E-state index contributed by atoms with van der Waals surface area (Å²) in [5, 5.41) is 5.42.